The topological polar surface area (TPSA) is 86.4 Å². The number of hydrogen-bond acceptors (Lipinski definition) is 5. The predicted octanol–water partition coefficient (Wildman–Crippen LogP) is 5.91. The number of rotatable bonds is 6. The van der Waals surface area contributed by atoms with Gasteiger partial charge < -0.3 is 10.6 Å². The van der Waals surface area contributed by atoms with Gasteiger partial charge in [-0.2, -0.15) is 0 Å². The average molecular weight is 520 g/mol. The van der Waals surface area contributed by atoms with Gasteiger partial charge in [-0.25, -0.2) is 9.78 Å². The number of carbonyl (C=O) groups is 2. The molecule has 1 atom stereocenters. The zero-order chi connectivity index (χ0) is 25.1. The summed E-state index contributed by atoms with van der Waals surface area (Å²) in [6.45, 7) is 4.53. The molecule has 1 aromatic heterocycles. The molecule has 1 fully saturated rings. The molecule has 1 unspecified atom stereocenters. The van der Waals surface area contributed by atoms with Crippen LogP contribution in [0.4, 0.5) is 15.6 Å². The van der Waals surface area contributed by atoms with Gasteiger partial charge in [-0.05, 0) is 48.7 Å². The minimum atomic E-state index is -0.271. The van der Waals surface area contributed by atoms with Crippen LogP contribution in [0.2, 0.25) is 5.02 Å². The number of nitrogens with zero attached hydrogens (tertiary/aromatic N) is 2. The molecule has 1 saturated heterocycles. The van der Waals surface area contributed by atoms with E-state index in [-0.39, 0.29) is 18.0 Å². The van der Waals surface area contributed by atoms with Crippen molar-refractivity contribution in [2.24, 2.45) is 0 Å². The maximum absolute atomic E-state index is 12.8. The zero-order valence-corrected chi connectivity index (χ0v) is 21.3. The van der Waals surface area contributed by atoms with Crippen molar-refractivity contribution in [3.05, 3.63) is 88.4 Å². The zero-order valence-electron chi connectivity index (χ0n) is 19.8. The van der Waals surface area contributed by atoms with E-state index in [2.05, 4.69) is 38.0 Å². The van der Waals surface area contributed by atoms with E-state index < -0.39 is 0 Å². The van der Waals surface area contributed by atoms with Gasteiger partial charge in [-0.1, -0.05) is 65.4 Å². The molecule has 7 nitrogen and oxygen atoms in total. The number of fused-ring (bicyclic) bond motifs is 1. The van der Waals surface area contributed by atoms with Gasteiger partial charge >= 0.3 is 6.03 Å². The second-order valence-corrected chi connectivity index (χ2v) is 10.3. The number of anilines is 2. The summed E-state index contributed by atoms with van der Waals surface area (Å²) in [4.78, 5) is 32.3. The lowest BCUT2D eigenvalue weighted by atomic mass is 10.1. The van der Waals surface area contributed by atoms with Crippen LogP contribution in [0.15, 0.2) is 66.7 Å². The number of halogens is 1. The number of carbonyl (C=O) groups excluding carboxylic acids is 2. The van der Waals surface area contributed by atoms with Crippen molar-refractivity contribution in [2.45, 2.75) is 25.9 Å². The third-order valence-electron chi connectivity index (χ3n) is 6.19. The number of para-hydroxylation sites is 1. The molecule has 36 heavy (non-hydrogen) atoms. The lowest BCUT2D eigenvalue weighted by Crippen LogP contribution is -2.39. The van der Waals surface area contributed by atoms with E-state index in [1.807, 2.05) is 37.3 Å². The molecule has 3 aromatic carbocycles. The maximum atomic E-state index is 12.8. The van der Waals surface area contributed by atoms with Crippen molar-refractivity contribution in [3.8, 4) is 0 Å². The molecule has 2 heterocycles. The fraction of sp³-hybridized carbons (Fsp3) is 0.222. The first-order valence-corrected chi connectivity index (χ1v) is 12.9. The summed E-state index contributed by atoms with van der Waals surface area (Å²) in [6.07, 6.45) is 0.906. The minimum absolute atomic E-state index is 0.0895. The number of hydrogen-bond donors (Lipinski definition) is 3. The Bertz CT molecular complexity index is 1390. The molecule has 3 N–H and O–H groups in total. The van der Waals surface area contributed by atoms with Gasteiger partial charge in [-0.15, -0.1) is 0 Å². The summed E-state index contributed by atoms with van der Waals surface area (Å²) in [5.74, 6) is -0.255. The fourth-order valence-electron chi connectivity index (χ4n) is 4.35. The van der Waals surface area contributed by atoms with Gasteiger partial charge in [0.15, 0.2) is 5.13 Å². The summed E-state index contributed by atoms with van der Waals surface area (Å²) >= 11 is 7.57. The second kappa shape index (κ2) is 10.7. The third kappa shape index (κ3) is 5.67. The first-order chi connectivity index (χ1) is 17.4. The van der Waals surface area contributed by atoms with Gasteiger partial charge in [0.1, 0.15) is 0 Å². The number of aryl methyl sites for hydroxylation is 1. The molecule has 0 spiro atoms. The Morgan fingerprint density at radius 3 is 2.72 bits per heavy atom. The highest BCUT2D eigenvalue weighted by Crippen LogP contribution is 2.29. The van der Waals surface area contributed by atoms with E-state index in [4.69, 9.17) is 11.6 Å². The largest absolute Gasteiger partial charge is 0.334 e. The first-order valence-electron chi connectivity index (χ1n) is 11.8. The molecule has 184 valence electrons. The van der Waals surface area contributed by atoms with Crippen LogP contribution in [0.5, 0.6) is 0 Å². The van der Waals surface area contributed by atoms with Crippen molar-refractivity contribution < 1.29 is 9.59 Å². The fourth-order valence-corrected chi connectivity index (χ4v) is 5.52. The van der Waals surface area contributed by atoms with Crippen molar-refractivity contribution in [3.63, 3.8) is 0 Å². The Hall–Kier alpha value is -3.46. The van der Waals surface area contributed by atoms with E-state index in [9.17, 15) is 9.59 Å². The molecule has 4 aromatic rings. The second-order valence-electron chi connectivity index (χ2n) is 8.89. The summed E-state index contributed by atoms with van der Waals surface area (Å²) in [5, 5.41) is 9.77. The Kier molecular flexibility index (Phi) is 7.18. The van der Waals surface area contributed by atoms with Crippen LogP contribution in [0, 0.1) is 6.92 Å². The van der Waals surface area contributed by atoms with E-state index in [1.165, 1.54) is 16.9 Å². The van der Waals surface area contributed by atoms with Gasteiger partial charge in [0, 0.05) is 31.2 Å². The number of aromatic nitrogens is 1. The van der Waals surface area contributed by atoms with Gasteiger partial charge in [0.05, 0.1) is 20.9 Å². The normalized spacial score (nSPS) is 15.7. The first kappa shape index (κ1) is 24.2. The molecule has 3 amide bonds. The molecule has 0 saturated carbocycles. The Morgan fingerprint density at radius 1 is 1.08 bits per heavy atom. The Balaban J connectivity index is 1.18. The summed E-state index contributed by atoms with van der Waals surface area (Å²) in [7, 11) is 0. The highest BCUT2D eigenvalue weighted by atomic mass is 35.5. The Labute approximate surface area is 218 Å². The van der Waals surface area contributed by atoms with Crippen molar-refractivity contribution >= 4 is 55.9 Å². The van der Waals surface area contributed by atoms with Crippen LogP contribution in [0.25, 0.3) is 10.2 Å². The summed E-state index contributed by atoms with van der Waals surface area (Å²) in [6, 6.07) is 20.9. The Morgan fingerprint density at radius 2 is 1.92 bits per heavy atom. The van der Waals surface area contributed by atoms with E-state index >= 15 is 0 Å². The molecule has 0 aliphatic carbocycles. The average Bonchev–Trinajstić information content (AvgIpc) is 3.47. The number of amides is 3. The lowest BCUT2D eigenvalue weighted by Gasteiger charge is -2.16. The number of benzene rings is 3. The quantitative estimate of drug-likeness (QED) is 0.296. The van der Waals surface area contributed by atoms with Crippen LogP contribution in [-0.4, -0.2) is 41.0 Å². The van der Waals surface area contributed by atoms with Gasteiger partial charge in [0.2, 0.25) is 0 Å². The number of urea groups is 1. The summed E-state index contributed by atoms with van der Waals surface area (Å²) in [5.41, 5.74) is 3.97. The number of likely N-dealkylation sites (tertiary alicyclic amines) is 1. The SMILES string of the molecule is Cc1cccc(Cl)c1NC(=O)c1ccc2nc(NC(=O)NC3CCN(Cc4ccccc4)C3)sc2c1. The molecule has 1 aliphatic heterocycles. The van der Waals surface area contributed by atoms with Crippen LogP contribution >= 0.6 is 22.9 Å². The lowest BCUT2D eigenvalue weighted by molar-refractivity contribution is 0.102. The number of nitrogens with one attached hydrogen (secondary N) is 3. The molecule has 0 bridgehead atoms. The van der Waals surface area contributed by atoms with Crippen molar-refractivity contribution in [1.29, 1.82) is 0 Å². The third-order valence-corrected chi connectivity index (χ3v) is 7.44. The molecule has 5 rings (SSSR count). The van der Waals surface area contributed by atoms with E-state index in [0.29, 0.717) is 21.4 Å². The van der Waals surface area contributed by atoms with Crippen molar-refractivity contribution in [1.82, 2.24) is 15.2 Å². The minimum Gasteiger partial charge on any atom is -0.334 e. The smallest absolute Gasteiger partial charge is 0.321 e. The predicted molar refractivity (Wildman–Crippen MR) is 146 cm³/mol. The van der Waals surface area contributed by atoms with E-state index in [1.54, 1.807) is 24.3 Å². The van der Waals surface area contributed by atoms with Crippen LogP contribution < -0.4 is 16.0 Å². The van der Waals surface area contributed by atoms with Gasteiger partial charge in [-0.3, -0.25) is 15.0 Å². The van der Waals surface area contributed by atoms with Crippen LogP contribution in [-0.2, 0) is 6.54 Å². The highest BCUT2D eigenvalue weighted by Gasteiger charge is 2.24. The highest BCUT2D eigenvalue weighted by molar-refractivity contribution is 7.22. The molecule has 0 radical (unpaired) electrons. The number of thiazole rings is 1. The summed E-state index contributed by atoms with van der Waals surface area (Å²) < 4.78 is 0.809. The van der Waals surface area contributed by atoms with E-state index in [0.717, 1.165) is 41.8 Å². The maximum Gasteiger partial charge on any atom is 0.321 e. The monoisotopic (exact) mass is 519 g/mol. The molecular formula is C27H26ClN5O2S. The molecule has 1 aliphatic rings. The van der Waals surface area contributed by atoms with Crippen LogP contribution in [0.1, 0.15) is 27.9 Å². The standard InChI is InChI=1S/C27H26ClN5O2S/c1-17-6-5-9-21(28)24(17)31-25(34)19-10-11-22-23(14-19)36-27(30-22)32-26(35)29-20-12-13-33(16-20)15-18-7-3-2-4-8-18/h2-11,14,20H,12-13,15-16H2,1H3,(H,31,34)(H2,29,30,32,35). The molecular weight excluding hydrogens is 494 g/mol. The van der Waals surface area contributed by atoms with Gasteiger partial charge in [0.25, 0.3) is 5.91 Å². The molecule has 9 heteroatoms. The van der Waals surface area contributed by atoms with Crippen molar-refractivity contribution in [2.75, 3.05) is 23.7 Å². The van der Waals surface area contributed by atoms with Crippen LogP contribution in [0.3, 0.4) is 0 Å².